The number of nitrogens with zero attached hydrogens (tertiary/aromatic N) is 4. The summed E-state index contributed by atoms with van der Waals surface area (Å²) >= 11 is 0. The van der Waals surface area contributed by atoms with E-state index in [1.807, 2.05) is 54.6 Å². The van der Waals surface area contributed by atoms with E-state index < -0.39 is 30.7 Å². The van der Waals surface area contributed by atoms with Gasteiger partial charge in [0.05, 0.1) is 42.4 Å². The smallest absolute Gasteiger partial charge is 0.268 e. The molecular weight excluding hydrogens is 709 g/mol. The molecule has 1 saturated heterocycles. The van der Waals surface area contributed by atoms with E-state index in [2.05, 4.69) is 43.9 Å². The Balaban J connectivity index is 1.34. The van der Waals surface area contributed by atoms with Gasteiger partial charge in [0.2, 0.25) is 0 Å². The number of unbranched alkanes of at least 4 members (excludes halogenated alkanes) is 2. The number of ether oxygens (including phenoxy) is 4. The first-order valence-electron chi connectivity index (χ1n) is 18.5. The number of rotatable bonds is 19. The van der Waals surface area contributed by atoms with Crippen LogP contribution in [0.4, 0.5) is 0 Å². The zero-order chi connectivity index (χ0) is 37.9. The predicted octanol–water partition coefficient (Wildman–Crippen LogP) is 9.03. The average Bonchev–Trinajstić information content (AvgIpc) is 3.52. The number of para-hydroxylation sites is 1. The minimum Gasteiger partial charge on any atom is -0.409 e. The number of hydrogen-bond acceptors (Lipinski definition) is 8. The largest absolute Gasteiger partial charge is 0.409 e. The lowest BCUT2D eigenvalue weighted by molar-refractivity contribution is -0.276. The molecule has 0 N–H and O–H groups in total. The van der Waals surface area contributed by atoms with E-state index in [0.717, 1.165) is 35.8 Å². The van der Waals surface area contributed by atoms with E-state index in [0.29, 0.717) is 44.7 Å². The van der Waals surface area contributed by atoms with Crippen molar-refractivity contribution in [3.05, 3.63) is 113 Å². The van der Waals surface area contributed by atoms with E-state index >= 15 is 0 Å². The summed E-state index contributed by atoms with van der Waals surface area (Å²) in [6.45, 7) is 13.2. The third-order valence-electron chi connectivity index (χ3n) is 10.2. The van der Waals surface area contributed by atoms with Crippen LogP contribution in [0, 0.1) is 0 Å². The summed E-state index contributed by atoms with van der Waals surface area (Å²) in [7, 11) is -6.06. The number of azide groups is 1. The molecule has 0 bridgehead atoms. The van der Waals surface area contributed by atoms with Crippen LogP contribution in [-0.2, 0) is 46.4 Å². The predicted molar refractivity (Wildman–Crippen MR) is 210 cm³/mol. The Kier molecular flexibility index (Phi) is 14.3. The van der Waals surface area contributed by atoms with E-state index in [-0.39, 0.29) is 28.7 Å². The van der Waals surface area contributed by atoms with Crippen LogP contribution < -0.4 is 0 Å². The van der Waals surface area contributed by atoms with Gasteiger partial charge < -0.3 is 23.4 Å². The zero-order valence-corrected chi connectivity index (χ0v) is 33.4. The molecule has 286 valence electrons. The highest BCUT2D eigenvalue weighted by molar-refractivity contribution is 7.90. The lowest BCUT2D eigenvalue weighted by Crippen LogP contribution is -2.56. The Morgan fingerprint density at radius 3 is 2.32 bits per heavy atom. The van der Waals surface area contributed by atoms with E-state index in [9.17, 15) is 8.42 Å². The van der Waals surface area contributed by atoms with Gasteiger partial charge in [0.1, 0.15) is 6.10 Å². The summed E-state index contributed by atoms with van der Waals surface area (Å²) in [6, 6.07) is 26.1. The number of benzene rings is 3. The standard InChI is InChI=1S/C40H54N4O7SSi/c1-40(2,3)53(4,5)51-37-27-36(49-29-31-17-9-6-10-18-31)38(30-47-25-16-8-15-24-42-43-41)50-39(37)48-26-23-32-28-44(35-22-14-13-21-34(32)35)52(45,46)33-19-11-7-12-20-33/h6-7,9-14,17-22,28,36-39H,8,15-16,23-27,29-30H2,1-5H3/t36-,37+,38+,39+/m0/s1. The van der Waals surface area contributed by atoms with Crippen LogP contribution >= 0.6 is 0 Å². The zero-order valence-electron chi connectivity index (χ0n) is 31.6. The highest BCUT2D eigenvalue weighted by Gasteiger charge is 2.46. The third-order valence-corrected chi connectivity index (χ3v) is 16.3. The Morgan fingerprint density at radius 2 is 1.60 bits per heavy atom. The van der Waals surface area contributed by atoms with Crippen LogP contribution in [0.15, 0.2) is 101 Å². The fraction of sp³-hybridized carbons (Fsp3) is 0.500. The molecule has 5 rings (SSSR count). The normalized spacial score (nSPS) is 19.6. The van der Waals surface area contributed by atoms with Crippen molar-refractivity contribution in [3.8, 4) is 0 Å². The SMILES string of the molecule is CC(C)(C)[Si](C)(C)O[C@@H]1C[C@H](OCc2ccccc2)[C@@H](COCCCCCN=[N+]=[N-])O[C@H]1OCCc1cn(S(=O)(=O)c2ccccc2)c2ccccc12. The van der Waals surface area contributed by atoms with Crippen LogP contribution in [0.25, 0.3) is 21.3 Å². The average molecular weight is 763 g/mol. The molecule has 0 saturated carbocycles. The number of hydrogen-bond donors (Lipinski definition) is 0. The van der Waals surface area contributed by atoms with Gasteiger partial charge in [-0.3, -0.25) is 0 Å². The topological polar surface area (TPSA) is 134 Å². The van der Waals surface area contributed by atoms with E-state index in [1.165, 1.54) is 3.97 Å². The van der Waals surface area contributed by atoms with Crippen LogP contribution in [0.2, 0.25) is 18.1 Å². The van der Waals surface area contributed by atoms with Gasteiger partial charge in [0.25, 0.3) is 10.0 Å². The van der Waals surface area contributed by atoms with Crippen LogP contribution in [0.5, 0.6) is 0 Å². The molecule has 0 unspecified atom stereocenters. The molecule has 0 spiro atoms. The fourth-order valence-electron chi connectivity index (χ4n) is 6.16. The maximum atomic E-state index is 13.7. The molecule has 53 heavy (non-hydrogen) atoms. The van der Waals surface area contributed by atoms with Crippen molar-refractivity contribution < 1.29 is 31.8 Å². The molecule has 0 radical (unpaired) electrons. The van der Waals surface area contributed by atoms with E-state index in [1.54, 1.807) is 36.5 Å². The molecule has 11 nitrogen and oxygen atoms in total. The Hall–Kier alpha value is -3.52. The molecule has 1 fully saturated rings. The van der Waals surface area contributed by atoms with Gasteiger partial charge >= 0.3 is 0 Å². The molecule has 4 aromatic rings. The minimum atomic E-state index is -3.80. The molecule has 0 aliphatic carbocycles. The number of fused-ring (bicyclic) bond motifs is 1. The maximum absolute atomic E-state index is 13.7. The first-order chi connectivity index (χ1) is 25.4. The van der Waals surface area contributed by atoms with Crippen molar-refractivity contribution in [2.24, 2.45) is 5.11 Å². The molecule has 2 heterocycles. The van der Waals surface area contributed by atoms with Gasteiger partial charge in [-0.25, -0.2) is 12.4 Å². The molecule has 3 aromatic carbocycles. The fourth-order valence-corrected chi connectivity index (χ4v) is 8.89. The van der Waals surface area contributed by atoms with Gasteiger partial charge in [-0.05, 0) is 72.3 Å². The second kappa shape index (κ2) is 18.7. The molecule has 1 aliphatic rings. The van der Waals surface area contributed by atoms with Gasteiger partial charge in [-0.1, -0.05) is 99.0 Å². The van der Waals surface area contributed by atoms with E-state index in [4.69, 9.17) is 28.9 Å². The van der Waals surface area contributed by atoms with Crippen molar-refractivity contribution in [2.45, 2.75) is 107 Å². The second-order valence-electron chi connectivity index (χ2n) is 15.0. The molecule has 1 aromatic heterocycles. The third kappa shape index (κ3) is 10.8. The summed E-state index contributed by atoms with van der Waals surface area (Å²) < 4.78 is 61.7. The summed E-state index contributed by atoms with van der Waals surface area (Å²) in [5.41, 5.74) is 11.1. The van der Waals surface area contributed by atoms with Crippen molar-refractivity contribution in [1.29, 1.82) is 0 Å². The molecule has 13 heteroatoms. The Morgan fingerprint density at radius 1 is 0.906 bits per heavy atom. The summed E-state index contributed by atoms with van der Waals surface area (Å²) in [5, 5.41) is 4.43. The second-order valence-corrected chi connectivity index (χ2v) is 21.6. The van der Waals surface area contributed by atoms with Gasteiger partial charge in [-0.15, -0.1) is 0 Å². The lowest BCUT2D eigenvalue weighted by Gasteiger charge is -2.46. The lowest BCUT2D eigenvalue weighted by atomic mass is 10.0. The number of aromatic nitrogens is 1. The Labute approximate surface area is 315 Å². The monoisotopic (exact) mass is 762 g/mol. The summed E-state index contributed by atoms with van der Waals surface area (Å²) in [5.74, 6) is 0. The minimum absolute atomic E-state index is 0.0392. The maximum Gasteiger partial charge on any atom is 0.268 e. The van der Waals surface area contributed by atoms with Crippen molar-refractivity contribution >= 4 is 29.2 Å². The highest BCUT2D eigenvalue weighted by atomic mass is 32.2. The van der Waals surface area contributed by atoms with Gasteiger partial charge in [0, 0.05) is 36.1 Å². The summed E-state index contributed by atoms with van der Waals surface area (Å²) in [6.07, 6.45) is 3.54. The van der Waals surface area contributed by atoms with Crippen LogP contribution in [0.3, 0.4) is 0 Å². The van der Waals surface area contributed by atoms with Gasteiger partial charge in [-0.2, -0.15) is 0 Å². The van der Waals surface area contributed by atoms with Gasteiger partial charge in [0.15, 0.2) is 14.6 Å². The first kappa shape index (κ1) is 40.7. The Bertz CT molecular complexity index is 1890. The highest BCUT2D eigenvalue weighted by Crippen LogP contribution is 2.40. The first-order valence-corrected chi connectivity index (χ1v) is 22.8. The van der Waals surface area contributed by atoms with Crippen molar-refractivity contribution in [1.82, 2.24) is 3.97 Å². The molecule has 4 atom stereocenters. The van der Waals surface area contributed by atoms with Crippen molar-refractivity contribution in [3.63, 3.8) is 0 Å². The molecular formula is C40H54N4O7SSi. The van der Waals surface area contributed by atoms with Crippen LogP contribution in [-0.4, -0.2) is 71.7 Å². The quantitative estimate of drug-likeness (QED) is 0.0306. The van der Waals surface area contributed by atoms with Crippen molar-refractivity contribution in [2.75, 3.05) is 26.4 Å². The molecule has 0 amide bonds. The molecule has 1 aliphatic heterocycles. The summed E-state index contributed by atoms with van der Waals surface area (Å²) in [4.78, 5) is 3.05. The van der Waals surface area contributed by atoms with Crippen LogP contribution in [0.1, 0.15) is 57.6 Å².